The summed E-state index contributed by atoms with van der Waals surface area (Å²) in [5.41, 5.74) is 6.55. The van der Waals surface area contributed by atoms with Gasteiger partial charge in [0.05, 0.1) is 12.1 Å². The number of aryl methyl sites for hydroxylation is 1. The molecule has 0 amide bonds. The van der Waals surface area contributed by atoms with Crippen LogP contribution >= 0.6 is 0 Å². The molecule has 2 nitrogen and oxygen atoms in total. The molecule has 0 bridgehead atoms. The van der Waals surface area contributed by atoms with Crippen LogP contribution in [0.3, 0.4) is 0 Å². The SMILES string of the molecule is CCc1cc(N)nc(C(C)(C)C)c1CC(F)(F)F. The van der Waals surface area contributed by atoms with Gasteiger partial charge >= 0.3 is 6.18 Å². The molecule has 0 aromatic carbocycles. The van der Waals surface area contributed by atoms with E-state index in [-0.39, 0.29) is 11.4 Å². The Balaban J connectivity index is 3.43. The largest absolute Gasteiger partial charge is 0.393 e. The molecule has 0 saturated carbocycles. The van der Waals surface area contributed by atoms with Crippen molar-refractivity contribution in [2.45, 2.75) is 52.1 Å². The zero-order chi connectivity index (χ0) is 14.1. The first-order valence-corrected chi connectivity index (χ1v) is 5.90. The summed E-state index contributed by atoms with van der Waals surface area (Å²) in [6.45, 7) is 7.34. The summed E-state index contributed by atoms with van der Waals surface area (Å²) in [6, 6.07) is 1.54. The van der Waals surface area contributed by atoms with Crippen molar-refractivity contribution in [1.29, 1.82) is 0 Å². The molecule has 0 spiro atoms. The summed E-state index contributed by atoms with van der Waals surface area (Å²) in [5, 5.41) is 0. The standard InChI is InChI=1S/C13H19F3N2/c1-5-8-6-10(17)18-11(12(2,3)4)9(8)7-13(14,15)16/h6H,5,7H2,1-4H3,(H2,17,18). The number of anilines is 1. The van der Waals surface area contributed by atoms with Crippen molar-refractivity contribution in [3.63, 3.8) is 0 Å². The number of alkyl halides is 3. The first-order chi connectivity index (χ1) is 8.04. The molecule has 18 heavy (non-hydrogen) atoms. The highest BCUT2D eigenvalue weighted by atomic mass is 19.4. The Morgan fingerprint density at radius 1 is 1.22 bits per heavy atom. The van der Waals surface area contributed by atoms with Crippen LogP contribution in [0.25, 0.3) is 0 Å². The number of nitrogens with two attached hydrogens (primary N) is 1. The lowest BCUT2D eigenvalue weighted by Crippen LogP contribution is -2.23. The van der Waals surface area contributed by atoms with Gasteiger partial charge in [-0.05, 0) is 23.6 Å². The fraction of sp³-hybridized carbons (Fsp3) is 0.615. The van der Waals surface area contributed by atoms with Crippen LogP contribution in [0.2, 0.25) is 0 Å². The zero-order valence-electron chi connectivity index (χ0n) is 11.2. The molecule has 0 aliphatic carbocycles. The van der Waals surface area contributed by atoms with E-state index in [9.17, 15) is 13.2 Å². The summed E-state index contributed by atoms with van der Waals surface area (Å²) in [4.78, 5) is 4.11. The molecule has 0 atom stereocenters. The van der Waals surface area contributed by atoms with Crippen LogP contribution in [-0.2, 0) is 18.3 Å². The van der Waals surface area contributed by atoms with Gasteiger partial charge in [0, 0.05) is 5.41 Å². The minimum absolute atomic E-state index is 0.270. The second-order valence-corrected chi connectivity index (χ2v) is 5.43. The maximum absolute atomic E-state index is 12.7. The van der Waals surface area contributed by atoms with Gasteiger partial charge in [-0.1, -0.05) is 27.7 Å². The molecule has 0 unspecified atom stereocenters. The van der Waals surface area contributed by atoms with Gasteiger partial charge in [-0.3, -0.25) is 0 Å². The highest BCUT2D eigenvalue weighted by molar-refractivity contribution is 5.44. The highest BCUT2D eigenvalue weighted by Gasteiger charge is 2.33. The third kappa shape index (κ3) is 3.62. The van der Waals surface area contributed by atoms with E-state index in [1.165, 1.54) is 6.07 Å². The van der Waals surface area contributed by atoms with Crippen molar-refractivity contribution in [3.05, 3.63) is 22.9 Å². The molecule has 0 fully saturated rings. The van der Waals surface area contributed by atoms with E-state index in [4.69, 9.17) is 5.73 Å². The molecular weight excluding hydrogens is 241 g/mol. The Morgan fingerprint density at radius 2 is 1.78 bits per heavy atom. The number of nitrogens with zero attached hydrogens (tertiary/aromatic N) is 1. The number of pyridine rings is 1. The summed E-state index contributed by atoms with van der Waals surface area (Å²) in [7, 11) is 0. The lowest BCUT2D eigenvalue weighted by molar-refractivity contribution is -0.127. The average Bonchev–Trinajstić information content (AvgIpc) is 2.16. The predicted molar refractivity (Wildman–Crippen MR) is 66.5 cm³/mol. The summed E-state index contributed by atoms with van der Waals surface area (Å²) in [6.07, 6.45) is -4.67. The van der Waals surface area contributed by atoms with Crippen molar-refractivity contribution >= 4 is 5.82 Å². The van der Waals surface area contributed by atoms with Gasteiger partial charge in [-0.2, -0.15) is 13.2 Å². The van der Waals surface area contributed by atoms with Crippen LogP contribution in [0, 0.1) is 0 Å². The van der Waals surface area contributed by atoms with Crippen LogP contribution in [0.15, 0.2) is 6.07 Å². The van der Waals surface area contributed by atoms with E-state index in [2.05, 4.69) is 4.98 Å². The van der Waals surface area contributed by atoms with E-state index >= 15 is 0 Å². The van der Waals surface area contributed by atoms with E-state index in [0.29, 0.717) is 17.7 Å². The number of nitrogen functional groups attached to an aromatic ring is 1. The Bertz CT molecular complexity index is 431. The van der Waals surface area contributed by atoms with E-state index in [1.807, 2.05) is 27.7 Å². The molecule has 0 aliphatic rings. The summed E-state index contributed by atoms with van der Waals surface area (Å²) >= 11 is 0. The van der Waals surface area contributed by atoms with Crippen molar-refractivity contribution < 1.29 is 13.2 Å². The first-order valence-electron chi connectivity index (χ1n) is 5.90. The second kappa shape index (κ2) is 4.78. The first kappa shape index (κ1) is 14.8. The maximum Gasteiger partial charge on any atom is 0.393 e. The normalized spacial score (nSPS) is 12.8. The minimum Gasteiger partial charge on any atom is -0.384 e. The molecule has 1 aromatic rings. The van der Waals surface area contributed by atoms with Gasteiger partial charge in [0.2, 0.25) is 0 Å². The van der Waals surface area contributed by atoms with Crippen LogP contribution < -0.4 is 5.73 Å². The van der Waals surface area contributed by atoms with Gasteiger partial charge in [0.1, 0.15) is 5.82 Å². The van der Waals surface area contributed by atoms with Gasteiger partial charge in [0.25, 0.3) is 0 Å². The van der Waals surface area contributed by atoms with E-state index in [0.717, 1.165) is 0 Å². The van der Waals surface area contributed by atoms with Gasteiger partial charge in [-0.15, -0.1) is 0 Å². The van der Waals surface area contributed by atoms with Crippen LogP contribution in [0.4, 0.5) is 19.0 Å². The summed E-state index contributed by atoms with van der Waals surface area (Å²) < 4.78 is 38.0. The van der Waals surface area contributed by atoms with Crippen molar-refractivity contribution in [3.8, 4) is 0 Å². The van der Waals surface area contributed by atoms with Gasteiger partial charge < -0.3 is 5.73 Å². The molecule has 5 heteroatoms. The smallest absolute Gasteiger partial charge is 0.384 e. The van der Waals surface area contributed by atoms with Crippen molar-refractivity contribution in [1.82, 2.24) is 4.98 Å². The number of rotatable bonds is 2. The van der Waals surface area contributed by atoms with Gasteiger partial charge in [-0.25, -0.2) is 4.98 Å². The van der Waals surface area contributed by atoms with E-state index in [1.54, 1.807) is 0 Å². The quantitative estimate of drug-likeness (QED) is 0.881. The van der Waals surface area contributed by atoms with Crippen molar-refractivity contribution in [2.75, 3.05) is 5.73 Å². The number of hydrogen-bond acceptors (Lipinski definition) is 2. The fourth-order valence-electron chi connectivity index (χ4n) is 1.98. The van der Waals surface area contributed by atoms with Crippen LogP contribution in [0.1, 0.15) is 44.5 Å². The molecule has 0 saturated heterocycles. The topological polar surface area (TPSA) is 38.9 Å². The van der Waals surface area contributed by atoms with Crippen LogP contribution in [0.5, 0.6) is 0 Å². The number of hydrogen-bond donors (Lipinski definition) is 1. The molecule has 1 rings (SSSR count). The Hall–Kier alpha value is -1.26. The molecule has 102 valence electrons. The number of halogens is 3. The third-order valence-corrected chi connectivity index (χ3v) is 2.71. The fourth-order valence-corrected chi connectivity index (χ4v) is 1.98. The number of aromatic nitrogens is 1. The molecular formula is C13H19F3N2. The Kier molecular flexibility index (Phi) is 3.93. The molecule has 1 aromatic heterocycles. The molecule has 2 N–H and O–H groups in total. The average molecular weight is 260 g/mol. The lowest BCUT2D eigenvalue weighted by atomic mass is 9.85. The minimum atomic E-state index is -4.23. The molecule has 1 heterocycles. The predicted octanol–water partition coefficient (Wildman–Crippen LogP) is 3.63. The highest BCUT2D eigenvalue weighted by Crippen LogP contribution is 2.32. The molecule has 0 radical (unpaired) electrons. The second-order valence-electron chi connectivity index (χ2n) is 5.43. The Morgan fingerprint density at radius 3 is 2.17 bits per heavy atom. The lowest BCUT2D eigenvalue weighted by Gasteiger charge is -2.24. The third-order valence-electron chi connectivity index (χ3n) is 2.71. The Labute approximate surface area is 105 Å². The monoisotopic (exact) mass is 260 g/mol. The van der Waals surface area contributed by atoms with Crippen LogP contribution in [-0.4, -0.2) is 11.2 Å². The zero-order valence-corrected chi connectivity index (χ0v) is 11.2. The van der Waals surface area contributed by atoms with Crippen molar-refractivity contribution in [2.24, 2.45) is 0 Å². The maximum atomic E-state index is 12.7. The summed E-state index contributed by atoms with van der Waals surface area (Å²) in [5.74, 6) is 0.280. The van der Waals surface area contributed by atoms with Gasteiger partial charge in [0.15, 0.2) is 0 Å². The molecule has 0 aliphatic heterocycles. The van der Waals surface area contributed by atoms with E-state index < -0.39 is 18.0 Å².